The minimum Gasteiger partial charge on any atom is -0.507 e. The molecule has 11 amide bonds. The number of nitrogens with one attached hydrogen (secondary N) is 10. The third-order valence-electron chi connectivity index (χ3n) is 22.9. The lowest BCUT2D eigenvalue weighted by molar-refractivity contribution is -0.178. The Hall–Kier alpha value is -12.9. The van der Waals surface area contributed by atoms with Gasteiger partial charge in [-0.25, -0.2) is 18.2 Å². The Morgan fingerprint density at radius 3 is 1.12 bits per heavy atom. The molecule has 6 saturated heterocycles. The number of aryl methyl sites for hydroxylation is 1. The summed E-state index contributed by atoms with van der Waals surface area (Å²) in [5.41, 5.74) is -3.61. The average molecular weight is 1850 g/mol. The number of cyclic esters (lactones) is 1. The number of carbonyl (C=O) groups is 12. The van der Waals surface area contributed by atoms with Gasteiger partial charge < -0.3 is 108 Å². The molecule has 9 heterocycles. The van der Waals surface area contributed by atoms with Crippen LogP contribution < -0.4 is 53.2 Å². The Bertz CT molecular complexity index is 5110. The van der Waals surface area contributed by atoms with Gasteiger partial charge in [-0.1, -0.05) is 50.2 Å². The summed E-state index contributed by atoms with van der Waals surface area (Å²) in [7, 11) is 1.31. The summed E-state index contributed by atoms with van der Waals surface area (Å²) in [6.45, 7) is 9.66. The first-order valence-corrected chi connectivity index (χ1v) is 40.3. The molecule has 130 heavy (non-hydrogen) atoms. The van der Waals surface area contributed by atoms with E-state index in [1.165, 1.54) is 128 Å². The van der Waals surface area contributed by atoms with Crippen LogP contribution in [-0.4, -0.2) is 259 Å². The van der Waals surface area contributed by atoms with Gasteiger partial charge in [0.05, 0.1) is 135 Å². The van der Waals surface area contributed by atoms with Crippen molar-refractivity contribution in [3.63, 3.8) is 0 Å². The molecule has 0 spiro atoms. The zero-order valence-corrected chi connectivity index (χ0v) is 70.1. The first kappa shape index (κ1) is 99.3. The number of aromatic nitrogens is 3. The number of nitrogens with zero attached hydrogens (tertiary/aromatic N) is 4. The summed E-state index contributed by atoms with van der Waals surface area (Å²) >= 11 is 0. The fourth-order valence-corrected chi connectivity index (χ4v) is 14.8. The minimum atomic E-state index is -2.09. The largest absolute Gasteiger partial charge is 0.507 e. The number of esters is 1. The van der Waals surface area contributed by atoms with Gasteiger partial charge in [0.15, 0.2) is 23.6 Å². The molecule has 702 valence electrons. The number of phenols is 3. The fraction of sp³-hybridized carbons (Fsp3) is 0.458. The van der Waals surface area contributed by atoms with Crippen LogP contribution >= 0.6 is 0 Å². The van der Waals surface area contributed by atoms with Crippen LogP contribution in [0, 0.1) is 107 Å². The molecule has 18 atom stereocenters. The van der Waals surface area contributed by atoms with Crippen molar-refractivity contribution < 1.29 is 155 Å². The lowest BCUT2D eigenvalue weighted by atomic mass is 9.89. The van der Waals surface area contributed by atoms with E-state index < -0.39 is 309 Å². The molecule has 0 bridgehead atoms. The van der Waals surface area contributed by atoms with Crippen molar-refractivity contribution in [3.8, 4) is 17.2 Å². The molecular weight excluding hydrogens is 1750 g/mol. The van der Waals surface area contributed by atoms with Crippen molar-refractivity contribution in [2.75, 3.05) is 46.7 Å². The maximum atomic E-state index is 14.8. The second kappa shape index (κ2) is 42.6. The third-order valence-corrected chi connectivity index (χ3v) is 22.9. The van der Waals surface area contributed by atoms with Gasteiger partial charge in [0.25, 0.3) is 41.5 Å². The molecule has 12 rings (SSSR count). The highest BCUT2D eigenvalue weighted by Crippen LogP contribution is 2.31. The van der Waals surface area contributed by atoms with Crippen molar-refractivity contribution in [1.29, 1.82) is 0 Å². The van der Waals surface area contributed by atoms with Gasteiger partial charge >= 0.3 is 5.97 Å². The summed E-state index contributed by atoms with van der Waals surface area (Å²) in [5, 5.41) is 88.5. The molecular formula is C83H91F11N14O22. The van der Waals surface area contributed by atoms with E-state index in [0.717, 1.165) is 4.90 Å². The SMILES string of the molecule is C[C@H]1NC(=O)C(C2COC2)N(C)C(=O)[C@H](C)[C@H](O)[C@H](Cc2c(F)nc(F)c(F)c2F)NC(=O)[C@H]1NC(=O)c1ccccc1O.C[C@H]1NC(=O)C(C2COC2)NC(=O)[C@H](C)[C@H](O)[C@H](Cc2c(F)nc(F)c(F)c2F)NC(=O)[C@H]1NC(=O)c1ccccc1O.Cc1nc(F)c(F)c(F)c1C[C@@H]1NC(=O)[C@@H](NC(=O)c2ccccc2O)[C@@H](C)NC(=O)C(C2COC2)OC(=O)[C@H](C)[C@@H]1O. The lowest BCUT2D eigenvalue weighted by Gasteiger charge is -2.41. The quantitative estimate of drug-likeness (QED) is 0.0375. The maximum absolute atomic E-state index is 14.8. The Balaban J connectivity index is 0.000000203. The second-order valence-corrected chi connectivity index (χ2v) is 31.9. The number of likely N-dealkylation sites (N-methyl/N-ethyl adjacent to an activating group) is 1. The number of para-hydroxylation sites is 3. The van der Waals surface area contributed by atoms with Crippen molar-refractivity contribution in [1.82, 2.24) is 73.0 Å². The number of halogens is 11. The Labute approximate surface area is 731 Å². The first-order chi connectivity index (χ1) is 61.3. The molecule has 0 aliphatic carbocycles. The van der Waals surface area contributed by atoms with E-state index in [4.69, 9.17) is 18.9 Å². The molecule has 0 radical (unpaired) electrons. The number of amides is 11. The number of benzene rings is 3. The van der Waals surface area contributed by atoms with E-state index in [1.807, 2.05) is 0 Å². The highest BCUT2D eigenvalue weighted by molar-refractivity contribution is 6.02. The van der Waals surface area contributed by atoms with Crippen LogP contribution in [-0.2, 0) is 81.4 Å². The number of ether oxygens (including phenoxy) is 4. The van der Waals surface area contributed by atoms with Gasteiger partial charge in [0, 0.05) is 54.1 Å². The van der Waals surface area contributed by atoms with E-state index in [0.29, 0.717) is 0 Å². The first-order valence-electron chi connectivity index (χ1n) is 40.3. The Morgan fingerprint density at radius 1 is 0.400 bits per heavy atom. The molecule has 0 saturated carbocycles. The number of hydrogen-bond donors (Lipinski definition) is 16. The highest BCUT2D eigenvalue weighted by atomic mass is 19.2. The third kappa shape index (κ3) is 22.5. The van der Waals surface area contributed by atoms with Crippen LogP contribution in [0.4, 0.5) is 48.3 Å². The van der Waals surface area contributed by atoms with E-state index in [-0.39, 0.29) is 67.8 Å². The van der Waals surface area contributed by atoms with Crippen molar-refractivity contribution in [2.24, 2.45) is 35.5 Å². The fourth-order valence-electron chi connectivity index (χ4n) is 14.8. The van der Waals surface area contributed by atoms with Crippen molar-refractivity contribution in [3.05, 3.63) is 177 Å². The molecule has 3 aromatic heterocycles. The molecule has 47 heteroatoms. The summed E-state index contributed by atoms with van der Waals surface area (Å²) in [4.78, 5) is 169. The van der Waals surface area contributed by atoms with Gasteiger partial charge in [0.2, 0.25) is 70.7 Å². The maximum Gasteiger partial charge on any atom is 0.312 e. The molecule has 6 aliphatic rings. The van der Waals surface area contributed by atoms with Crippen LogP contribution in [0.5, 0.6) is 17.2 Å². The Morgan fingerprint density at radius 2 is 0.738 bits per heavy atom. The molecule has 3 aromatic carbocycles. The molecule has 36 nitrogen and oxygen atoms in total. The van der Waals surface area contributed by atoms with Crippen LogP contribution in [0.2, 0.25) is 0 Å². The number of carbonyl (C=O) groups excluding carboxylic acids is 12. The summed E-state index contributed by atoms with van der Waals surface area (Å²) in [5.74, 6) is -38.5. The normalized spacial score (nSPS) is 27.1. The topological polar surface area (TPSA) is 525 Å². The van der Waals surface area contributed by atoms with Crippen LogP contribution in [0.3, 0.4) is 0 Å². The zero-order chi connectivity index (χ0) is 95.6. The molecule has 6 fully saturated rings. The van der Waals surface area contributed by atoms with Crippen LogP contribution in [0.1, 0.15) is 95.0 Å². The lowest BCUT2D eigenvalue weighted by Crippen LogP contribution is -2.65. The number of pyridine rings is 3. The number of phenolic OH excluding ortho intramolecular Hbond substituents is 3. The zero-order valence-electron chi connectivity index (χ0n) is 70.1. The molecule has 3 unspecified atom stereocenters. The average Bonchev–Trinajstić information content (AvgIpc) is 0.747. The van der Waals surface area contributed by atoms with Gasteiger partial charge in [-0.2, -0.15) is 45.1 Å². The van der Waals surface area contributed by atoms with Gasteiger partial charge in [-0.15, -0.1) is 0 Å². The molecule has 16 N–H and O–H groups in total. The van der Waals surface area contributed by atoms with Gasteiger partial charge in [-0.3, -0.25) is 57.5 Å². The number of aliphatic hydroxyl groups excluding tert-OH is 3. The summed E-state index contributed by atoms with van der Waals surface area (Å²) in [6, 6.07) is 0.664. The number of hydrogen-bond acceptors (Lipinski definition) is 25. The number of aliphatic hydroxyl groups is 3. The Kier molecular flexibility index (Phi) is 32.5. The van der Waals surface area contributed by atoms with Gasteiger partial charge in [-0.05, 0) is 77.4 Å². The van der Waals surface area contributed by atoms with Crippen LogP contribution in [0.25, 0.3) is 0 Å². The van der Waals surface area contributed by atoms with Crippen LogP contribution in [0.15, 0.2) is 72.8 Å². The molecule has 6 aromatic rings. The molecule has 6 aliphatic heterocycles. The monoisotopic (exact) mass is 1840 g/mol. The minimum absolute atomic E-state index is 0.0922. The summed E-state index contributed by atoms with van der Waals surface area (Å²) in [6.07, 6.45) is -9.59. The van der Waals surface area contributed by atoms with Crippen molar-refractivity contribution >= 4 is 70.9 Å². The second-order valence-electron chi connectivity index (χ2n) is 31.9. The van der Waals surface area contributed by atoms with E-state index in [9.17, 15) is 136 Å². The van der Waals surface area contributed by atoms with E-state index in [2.05, 4.69) is 68.1 Å². The standard InChI is InChI=1S/C28H31F4N5O7.C28H31F3N4O8.C27H29F4N5O7/c1-11-22(39)16(8-15-18(29)19(30)24(32)36-23(15)31)34-26(41)20(35-25(40)14-6-4-5-7-17(14)38)12(2)33-27(42)21(13-9-44-10-13)37(3)28(11)43;1-11-22(37)17(8-16-12(2)32-24(31)20(30)19(16)29)34-26(39)21(35-25(38)15-6-4-5-7-18(15)36)13(3)33-27(40)23(43-28(11)41)14-9-42-10-14;1-10-21(38)15(7-14-17(28)18(29)23(31)36-22(14)30)33-26(41)19(34-25(40)13-5-3-4-6-16(13)37)11(2)32-27(42)20(35-24(10)39)12-8-43-9-12/h4-7,11-13,16,20-22,38-39H,8-10H2,1-3H3,(H,33,42)(H,34,41)(H,35,40);4-7,11,13-14,17,21-23,36-37H,8-10H2,1-3H3,(H,33,40)(H,34,39)(H,35,38);3-6,10-12,15,19-21,37-38H,7-9H2,1-2H3,(H,32,42)(H,33,41)(H,34,40)(H,35,39)/t11-,12-,16+,20+,21?,22+;11-,13-,17+,21+,22+,23?;10-,11-,15+,19+,20?,21+/m111/s1. The summed E-state index contributed by atoms with van der Waals surface area (Å²) < 4.78 is 177. The number of rotatable bonds is 15. The predicted molar refractivity (Wildman–Crippen MR) is 422 cm³/mol. The van der Waals surface area contributed by atoms with Gasteiger partial charge in [0.1, 0.15) is 47.5 Å². The highest BCUT2D eigenvalue weighted by Gasteiger charge is 2.49. The van der Waals surface area contributed by atoms with E-state index >= 15 is 0 Å². The van der Waals surface area contributed by atoms with E-state index in [1.54, 1.807) is 0 Å². The van der Waals surface area contributed by atoms with Crippen molar-refractivity contribution in [2.45, 2.75) is 159 Å². The predicted octanol–water partition coefficient (Wildman–Crippen LogP) is 0.387. The smallest absolute Gasteiger partial charge is 0.312 e. The number of aromatic hydroxyl groups is 3.